The molecule has 1 aromatic carbocycles. The smallest absolute Gasteiger partial charge is 0.345 e. The number of anilines is 1. The number of thiophene rings is 1. The number of carboxylic acids is 1. The molecule has 1 aliphatic heterocycles. The average molecular weight is 450 g/mol. The Hall–Kier alpha value is -1.56. The SMILES string of the molecule is CCCCCC(O)c1ccc(N2CCC(Cl)C2CCCc2ccc(C(=O)O)s2)cc1. The molecule has 3 unspecified atom stereocenters. The monoisotopic (exact) mass is 449 g/mol. The fourth-order valence-corrected chi connectivity index (χ4v) is 5.48. The van der Waals surface area contributed by atoms with Crippen LogP contribution in [0.2, 0.25) is 0 Å². The molecule has 0 saturated carbocycles. The molecular weight excluding hydrogens is 418 g/mol. The third-order valence-corrected chi connectivity index (χ3v) is 7.59. The number of hydrogen-bond acceptors (Lipinski definition) is 4. The summed E-state index contributed by atoms with van der Waals surface area (Å²) in [5.41, 5.74) is 2.15. The minimum Gasteiger partial charge on any atom is -0.477 e. The van der Waals surface area contributed by atoms with Gasteiger partial charge in [-0.15, -0.1) is 22.9 Å². The molecule has 2 heterocycles. The molecule has 1 aliphatic rings. The topological polar surface area (TPSA) is 60.8 Å². The molecule has 30 heavy (non-hydrogen) atoms. The van der Waals surface area contributed by atoms with E-state index in [9.17, 15) is 9.90 Å². The van der Waals surface area contributed by atoms with E-state index in [-0.39, 0.29) is 17.5 Å². The number of aliphatic hydroxyl groups is 1. The van der Waals surface area contributed by atoms with Gasteiger partial charge in [-0.1, -0.05) is 38.3 Å². The Balaban J connectivity index is 1.55. The quantitative estimate of drug-likeness (QED) is 0.313. The van der Waals surface area contributed by atoms with E-state index < -0.39 is 5.97 Å². The highest BCUT2D eigenvalue weighted by Crippen LogP contribution is 2.33. The molecule has 2 N–H and O–H groups in total. The summed E-state index contributed by atoms with van der Waals surface area (Å²) in [6.45, 7) is 3.12. The summed E-state index contributed by atoms with van der Waals surface area (Å²) in [5, 5.41) is 19.6. The first-order valence-electron chi connectivity index (χ1n) is 11.0. The lowest BCUT2D eigenvalue weighted by molar-refractivity contribution is 0.0702. The molecule has 0 spiro atoms. The number of hydrogen-bond donors (Lipinski definition) is 2. The van der Waals surface area contributed by atoms with Gasteiger partial charge in [-0.3, -0.25) is 0 Å². The molecule has 0 radical (unpaired) electrons. The van der Waals surface area contributed by atoms with Crippen LogP contribution in [0.4, 0.5) is 5.69 Å². The van der Waals surface area contributed by atoms with Gasteiger partial charge in [0, 0.05) is 23.2 Å². The first kappa shape index (κ1) is 23.1. The number of unbranched alkanes of at least 4 members (excludes halogenated alkanes) is 2. The number of aliphatic hydroxyl groups excluding tert-OH is 1. The molecule has 0 bridgehead atoms. The highest BCUT2D eigenvalue weighted by atomic mass is 35.5. The fourth-order valence-electron chi connectivity index (χ4n) is 4.23. The standard InChI is InChI=1S/C24H32ClNO3S/c1-2-3-4-8-22(27)17-9-11-18(12-10-17)26-16-15-20(25)21(26)7-5-6-19-13-14-23(30-19)24(28)29/h9-14,20-22,27H,2-8,15-16H2,1H3,(H,28,29). The predicted molar refractivity (Wildman–Crippen MR) is 125 cm³/mol. The van der Waals surface area contributed by atoms with Crippen LogP contribution in [0.1, 0.15) is 78.1 Å². The molecule has 0 amide bonds. The Labute approximate surface area is 188 Å². The van der Waals surface area contributed by atoms with Gasteiger partial charge in [0.1, 0.15) is 4.88 Å². The van der Waals surface area contributed by atoms with Crippen molar-refractivity contribution in [2.24, 2.45) is 0 Å². The van der Waals surface area contributed by atoms with E-state index in [0.717, 1.165) is 74.0 Å². The van der Waals surface area contributed by atoms with Gasteiger partial charge < -0.3 is 15.1 Å². The largest absolute Gasteiger partial charge is 0.477 e. The zero-order valence-corrected chi connectivity index (χ0v) is 19.2. The number of nitrogens with zero attached hydrogens (tertiary/aromatic N) is 1. The summed E-state index contributed by atoms with van der Waals surface area (Å²) in [7, 11) is 0. The molecule has 164 valence electrons. The van der Waals surface area contributed by atoms with Crippen molar-refractivity contribution >= 4 is 34.6 Å². The number of aryl methyl sites for hydroxylation is 1. The minimum absolute atomic E-state index is 0.127. The van der Waals surface area contributed by atoms with Gasteiger partial charge in [0.05, 0.1) is 11.5 Å². The van der Waals surface area contributed by atoms with Crippen LogP contribution in [0.25, 0.3) is 0 Å². The highest BCUT2D eigenvalue weighted by molar-refractivity contribution is 7.13. The second-order valence-electron chi connectivity index (χ2n) is 8.13. The van der Waals surface area contributed by atoms with Crippen molar-refractivity contribution in [3.63, 3.8) is 0 Å². The van der Waals surface area contributed by atoms with Gasteiger partial charge in [0.2, 0.25) is 0 Å². The maximum atomic E-state index is 11.0. The second kappa shape index (κ2) is 11.2. The van der Waals surface area contributed by atoms with Crippen molar-refractivity contribution < 1.29 is 15.0 Å². The summed E-state index contributed by atoms with van der Waals surface area (Å²) in [5.74, 6) is -0.854. The number of carboxylic acid groups (broad SMARTS) is 1. The molecule has 1 fully saturated rings. The molecule has 0 aliphatic carbocycles. The Morgan fingerprint density at radius 3 is 2.63 bits per heavy atom. The Kier molecular flexibility index (Phi) is 8.61. The van der Waals surface area contributed by atoms with Crippen LogP contribution in [0.15, 0.2) is 36.4 Å². The number of benzene rings is 1. The number of rotatable bonds is 11. The van der Waals surface area contributed by atoms with E-state index >= 15 is 0 Å². The Morgan fingerprint density at radius 1 is 1.20 bits per heavy atom. The van der Waals surface area contributed by atoms with E-state index in [1.54, 1.807) is 6.07 Å². The average Bonchev–Trinajstić information content (AvgIpc) is 3.36. The van der Waals surface area contributed by atoms with Crippen molar-refractivity contribution in [2.45, 2.75) is 75.8 Å². The third kappa shape index (κ3) is 5.99. The zero-order chi connectivity index (χ0) is 21.5. The molecule has 1 aromatic heterocycles. The van der Waals surface area contributed by atoms with E-state index in [4.69, 9.17) is 16.7 Å². The van der Waals surface area contributed by atoms with Gasteiger partial charge >= 0.3 is 5.97 Å². The summed E-state index contributed by atoms with van der Waals surface area (Å²) in [4.78, 5) is 15.0. The predicted octanol–water partition coefficient (Wildman–Crippen LogP) is 6.27. The van der Waals surface area contributed by atoms with Crippen LogP contribution in [0.3, 0.4) is 0 Å². The lowest BCUT2D eigenvalue weighted by atomic mass is 10.0. The van der Waals surface area contributed by atoms with Crippen molar-refractivity contribution in [1.29, 1.82) is 0 Å². The third-order valence-electron chi connectivity index (χ3n) is 5.95. The maximum Gasteiger partial charge on any atom is 0.345 e. The van der Waals surface area contributed by atoms with Crippen LogP contribution in [0.5, 0.6) is 0 Å². The van der Waals surface area contributed by atoms with E-state index in [2.05, 4.69) is 24.0 Å². The van der Waals surface area contributed by atoms with Gasteiger partial charge in [-0.05, 0) is 61.9 Å². The summed E-state index contributed by atoms with van der Waals surface area (Å²) < 4.78 is 0. The first-order chi connectivity index (χ1) is 14.5. The Morgan fingerprint density at radius 2 is 1.97 bits per heavy atom. The van der Waals surface area contributed by atoms with Crippen LogP contribution in [0, 0.1) is 0 Å². The van der Waals surface area contributed by atoms with Crippen LogP contribution in [-0.2, 0) is 6.42 Å². The van der Waals surface area contributed by atoms with Crippen molar-refractivity contribution in [3.8, 4) is 0 Å². The normalized spacial score (nSPS) is 19.9. The summed E-state index contributed by atoms with van der Waals surface area (Å²) in [6, 6.07) is 12.2. The fraction of sp³-hybridized carbons (Fsp3) is 0.542. The van der Waals surface area contributed by atoms with Crippen molar-refractivity contribution in [2.75, 3.05) is 11.4 Å². The van der Waals surface area contributed by atoms with Crippen LogP contribution in [-0.4, -0.2) is 34.1 Å². The summed E-state index contributed by atoms with van der Waals surface area (Å²) >= 11 is 8.01. The van der Waals surface area contributed by atoms with Crippen LogP contribution < -0.4 is 4.90 Å². The van der Waals surface area contributed by atoms with Crippen molar-refractivity contribution in [3.05, 3.63) is 51.7 Å². The lowest BCUT2D eigenvalue weighted by Crippen LogP contribution is -2.33. The van der Waals surface area contributed by atoms with Crippen LogP contribution >= 0.6 is 22.9 Å². The van der Waals surface area contributed by atoms with E-state index in [0.29, 0.717) is 4.88 Å². The highest BCUT2D eigenvalue weighted by Gasteiger charge is 2.32. The van der Waals surface area contributed by atoms with Gasteiger partial charge in [-0.2, -0.15) is 0 Å². The Bertz CT molecular complexity index is 807. The van der Waals surface area contributed by atoms with Gasteiger partial charge in [0.15, 0.2) is 0 Å². The van der Waals surface area contributed by atoms with Crippen molar-refractivity contribution in [1.82, 2.24) is 0 Å². The number of aromatic carboxylic acids is 1. The van der Waals surface area contributed by atoms with Gasteiger partial charge in [0.25, 0.3) is 0 Å². The molecule has 3 rings (SSSR count). The van der Waals surface area contributed by atoms with E-state index in [1.807, 2.05) is 18.2 Å². The molecule has 6 heteroatoms. The van der Waals surface area contributed by atoms with Gasteiger partial charge in [-0.25, -0.2) is 4.79 Å². The maximum absolute atomic E-state index is 11.0. The lowest BCUT2D eigenvalue weighted by Gasteiger charge is -2.28. The molecule has 2 aromatic rings. The molecule has 4 nitrogen and oxygen atoms in total. The number of halogens is 1. The molecule has 3 atom stereocenters. The zero-order valence-electron chi connectivity index (χ0n) is 17.6. The van der Waals surface area contributed by atoms with E-state index in [1.165, 1.54) is 11.3 Å². The number of alkyl halides is 1. The summed E-state index contributed by atoms with van der Waals surface area (Å²) in [6.07, 6.45) is 7.62. The minimum atomic E-state index is -0.854. The molecule has 1 saturated heterocycles. The first-order valence-corrected chi connectivity index (χ1v) is 12.3. The second-order valence-corrected chi connectivity index (χ2v) is 9.86. The number of carbonyl (C=O) groups is 1. The molecular formula is C24H32ClNO3S.